The van der Waals surface area contributed by atoms with Crippen LogP contribution in [0, 0.1) is 104 Å². The van der Waals surface area contributed by atoms with Crippen molar-refractivity contribution in [3.05, 3.63) is 172 Å². The van der Waals surface area contributed by atoms with Crippen LogP contribution in [0.15, 0.2) is 60.7 Å². The first kappa shape index (κ1) is 49.1. The van der Waals surface area contributed by atoms with E-state index in [9.17, 15) is 0 Å². The highest BCUT2D eigenvalue weighted by molar-refractivity contribution is 5.52. The third kappa shape index (κ3) is 9.61. The maximum Gasteiger partial charge on any atom is -0.00533 e. The number of rotatable bonds is 14. The summed E-state index contributed by atoms with van der Waals surface area (Å²) in [6, 6.07) is 24.4. The van der Waals surface area contributed by atoms with Gasteiger partial charge in [-0.05, 0) is 246 Å². The summed E-state index contributed by atoms with van der Waals surface area (Å²) in [6.07, 6.45) is 5.27. The highest BCUT2D eigenvalue weighted by Gasteiger charge is 2.49. The minimum atomic E-state index is -0.196. The molecule has 0 N–H and O–H groups in total. The van der Waals surface area contributed by atoms with Gasteiger partial charge in [-0.15, -0.1) is 0 Å². The van der Waals surface area contributed by atoms with Crippen molar-refractivity contribution in [3.8, 4) is 0 Å². The van der Waals surface area contributed by atoms with E-state index in [4.69, 9.17) is 0 Å². The van der Waals surface area contributed by atoms with Crippen LogP contribution in [-0.2, 0) is 27.1 Å². The number of benzene rings is 5. The molecule has 0 nitrogen and oxygen atoms in total. The Balaban J connectivity index is 1.89. The summed E-state index contributed by atoms with van der Waals surface area (Å²) >= 11 is 0. The molecule has 0 aromatic heterocycles. The van der Waals surface area contributed by atoms with E-state index in [2.05, 4.69) is 213 Å². The number of hydrogen-bond donors (Lipinski definition) is 0. The first-order valence-corrected chi connectivity index (χ1v) is 23.9. The van der Waals surface area contributed by atoms with E-state index < -0.39 is 0 Å². The first-order valence-electron chi connectivity index (χ1n) is 23.9. The summed E-state index contributed by atoms with van der Waals surface area (Å²) in [4.78, 5) is 0. The average Bonchev–Trinajstić information content (AvgIpc) is 3.04. The lowest BCUT2D eigenvalue weighted by atomic mass is 9.52. The van der Waals surface area contributed by atoms with E-state index in [1.807, 2.05) is 0 Å². The van der Waals surface area contributed by atoms with E-state index in [1.54, 1.807) is 22.3 Å². The van der Waals surface area contributed by atoms with E-state index in [0.717, 1.165) is 32.1 Å². The highest BCUT2D eigenvalue weighted by atomic mass is 14.5. The molecule has 0 aliphatic carbocycles. The molecule has 0 spiro atoms. The van der Waals surface area contributed by atoms with Gasteiger partial charge in [0.15, 0.2) is 0 Å². The first-order chi connectivity index (χ1) is 28.5. The Kier molecular flexibility index (Phi) is 13.9. The average molecular weight is 831 g/mol. The van der Waals surface area contributed by atoms with Crippen molar-refractivity contribution in [2.75, 3.05) is 0 Å². The normalized spacial score (nSPS) is 16.1. The van der Waals surface area contributed by atoms with Crippen LogP contribution in [-0.4, -0.2) is 0 Å². The van der Waals surface area contributed by atoms with Crippen molar-refractivity contribution >= 4 is 0 Å². The quantitative estimate of drug-likeness (QED) is 0.105. The topological polar surface area (TPSA) is 0 Å². The lowest BCUT2D eigenvalue weighted by Gasteiger charge is -2.51. The lowest BCUT2D eigenvalue weighted by molar-refractivity contribution is 0.180. The molecule has 0 radical (unpaired) electrons. The number of aryl methyl sites for hydroxylation is 15. The van der Waals surface area contributed by atoms with Gasteiger partial charge in [0.2, 0.25) is 0 Å². The van der Waals surface area contributed by atoms with Crippen LogP contribution in [0.3, 0.4) is 0 Å². The molecule has 5 aromatic rings. The second kappa shape index (κ2) is 17.6. The molecule has 0 aliphatic heterocycles. The summed E-state index contributed by atoms with van der Waals surface area (Å²) in [5, 5.41) is 0. The molecule has 0 fully saturated rings. The molecule has 0 heterocycles. The summed E-state index contributed by atoms with van der Waals surface area (Å²) in [5.41, 5.74) is 28.1. The highest BCUT2D eigenvalue weighted by Crippen LogP contribution is 2.57. The van der Waals surface area contributed by atoms with E-state index in [-0.39, 0.29) is 27.1 Å². The smallest absolute Gasteiger partial charge is 0.00533 e. The predicted octanol–water partition coefficient (Wildman–Crippen LogP) is 17.4. The maximum atomic E-state index is 2.69. The summed E-state index contributed by atoms with van der Waals surface area (Å²) in [7, 11) is 0. The Morgan fingerprint density at radius 1 is 0.258 bits per heavy atom. The van der Waals surface area contributed by atoms with Gasteiger partial charge >= 0.3 is 0 Å². The van der Waals surface area contributed by atoms with Crippen LogP contribution in [0.1, 0.15) is 192 Å². The minimum absolute atomic E-state index is 0.0332. The van der Waals surface area contributed by atoms with Crippen LogP contribution in [0.4, 0.5) is 0 Å². The number of hydrogen-bond acceptors (Lipinski definition) is 0. The van der Waals surface area contributed by atoms with Crippen LogP contribution < -0.4 is 0 Å². The second-order valence-corrected chi connectivity index (χ2v) is 23.1. The van der Waals surface area contributed by atoms with E-state index in [0.29, 0.717) is 0 Å². The molecule has 5 aromatic carbocycles. The predicted molar refractivity (Wildman–Crippen MR) is 274 cm³/mol. The van der Waals surface area contributed by atoms with E-state index in [1.165, 1.54) is 89.0 Å². The lowest BCUT2D eigenvalue weighted by Crippen LogP contribution is -2.45. The third-order valence-electron chi connectivity index (χ3n) is 15.4. The van der Waals surface area contributed by atoms with Crippen molar-refractivity contribution in [2.24, 2.45) is 0 Å². The Labute approximate surface area is 381 Å². The standard InChI is InChI=1S/C62H86/c1-23-59(19,54-45(9)26-39(3)27-46(54)10)35-61(21,56-49(13)30-41(5)31-50(56)14)37-62(22,57-51(15)32-42(6)33-52(57)16)36-60(20,55-47(11)28-40(4)29-48(55)12)34-58(17,18)53-43(7)24-38(2)25-44(53)8/h24-33H,23,34-37H2,1-22H3. The van der Waals surface area contributed by atoms with Gasteiger partial charge in [-0.2, -0.15) is 0 Å². The van der Waals surface area contributed by atoms with Crippen molar-refractivity contribution < 1.29 is 0 Å². The molecule has 0 bridgehead atoms. The van der Waals surface area contributed by atoms with Gasteiger partial charge in [0, 0.05) is 0 Å². The molecular formula is C62H86. The van der Waals surface area contributed by atoms with Crippen LogP contribution in [0.2, 0.25) is 0 Å². The zero-order valence-electron chi connectivity index (χ0n) is 43.8. The summed E-state index contributed by atoms with van der Waals surface area (Å²) in [6.45, 7) is 53.3. The fourth-order valence-electron chi connectivity index (χ4n) is 15.5. The molecular weight excluding hydrogens is 745 g/mol. The van der Waals surface area contributed by atoms with Gasteiger partial charge in [0.1, 0.15) is 0 Å². The molecule has 4 atom stereocenters. The largest absolute Gasteiger partial charge is 0.0645 e. The maximum absolute atomic E-state index is 2.69. The summed E-state index contributed by atoms with van der Waals surface area (Å²) in [5.74, 6) is 0. The fraction of sp³-hybridized carbons (Fsp3) is 0.516. The van der Waals surface area contributed by atoms with Crippen molar-refractivity contribution in [1.29, 1.82) is 0 Å². The molecule has 334 valence electrons. The van der Waals surface area contributed by atoms with Gasteiger partial charge in [0.05, 0.1) is 0 Å². The zero-order chi connectivity index (χ0) is 46.7. The summed E-state index contributed by atoms with van der Waals surface area (Å²) < 4.78 is 0. The third-order valence-corrected chi connectivity index (χ3v) is 15.4. The van der Waals surface area contributed by atoms with Gasteiger partial charge < -0.3 is 0 Å². The Bertz CT molecular complexity index is 2370. The van der Waals surface area contributed by atoms with Gasteiger partial charge in [-0.1, -0.05) is 137 Å². The van der Waals surface area contributed by atoms with Crippen molar-refractivity contribution in [2.45, 2.75) is 212 Å². The zero-order valence-corrected chi connectivity index (χ0v) is 43.8. The van der Waals surface area contributed by atoms with Gasteiger partial charge in [-0.25, -0.2) is 0 Å². The molecule has 4 unspecified atom stereocenters. The molecule has 0 heteroatoms. The second-order valence-electron chi connectivity index (χ2n) is 23.1. The Morgan fingerprint density at radius 2 is 0.435 bits per heavy atom. The van der Waals surface area contributed by atoms with Crippen LogP contribution in [0.5, 0.6) is 0 Å². The Hall–Kier alpha value is -3.90. The molecule has 0 saturated heterocycles. The molecule has 5 rings (SSSR count). The Morgan fingerprint density at radius 3 is 0.661 bits per heavy atom. The molecule has 0 saturated carbocycles. The monoisotopic (exact) mass is 831 g/mol. The van der Waals surface area contributed by atoms with Gasteiger partial charge in [0.25, 0.3) is 0 Å². The van der Waals surface area contributed by atoms with Crippen molar-refractivity contribution in [3.63, 3.8) is 0 Å². The van der Waals surface area contributed by atoms with Crippen molar-refractivity contribution in [1.82, 2.24) is 0 Å². The van der Waals surface area contributed by atoms with E-state index >= 15 is 0 Å². The minimum Gasteiger partial charge on any atom is -0.0645 e. The SMILES string of the molecule is CCC(C)(CC(C)(CC(C)(CC(C)(CC(C)(C)c1c(C)cc(C)cc1C)c1c(C)cc(C)cc1C)c1c(C)cc(C)cc1C)c1c(C)cc(C)cc1C)c1c(C)cc(C)cc1C. The molecule has 0 amide bonds. The molecule has 0 aliphatic rings. The van der Waals surface area contributed by atoms with Crippen LogP contribution in [0.25, 0.3) is 0 Å². The molecule has 62 heavy (non-hydrogen) atoms. The van der Waals surface area contributed by atoms with Gasteiger partial charge in [-0.3, -0.25) is 0 Å². The fourth-order valence-corrected chi connectivity index (χ4v) is 15.5. The van der Waals surface area contributed by atoms with Crippen LogP contribution >= 0.6 is 0 Å².